The minimum absolute atomic E-state index is 0.236. The molecule has 9 heteroatoms. The van der Waals surface area contributed by atoms with Gasteiger partial charge in [-0.3, -0.25) is 9.05 Å². The fraction of sp³-hybridized carbons (Fsp3) is 0.786. The van der Waals surface area contributed by atoms with E-state index in [-0.39, 0.29) is 25.2 Å². The third kappa shape index (κ3) is 27.4. The first-order valence-electron chi connectivity index (χ1n) is 14.1. The molecule has 0 unspecified atom stereocenters. The van der Waals surface area contributed by atoms with Crippen molar-refractivity contribution in [2.75, 3.05) is 26.4 Å². The molecule has 0 aliphatic heterocycles. The van der Waals surface area contributed by atoms with Gasteiger partial charge >= 0.3 is 19.8 Å². The summed E-state index contributed by atoms with van der Waals surface area (Å²) in [7, 11) is -3.95. The van der Waals surface area contributed by atoms with Crippen LogP contribution in [0.2, 0.25) is 0 Å². The normalized spacial score (nSPS) is 12.0. The Morgan fingerprint density at radius 1 is 0.541 bits per heavy atom. The molecule has 0 heterocycles. The van der Waals surface area contributed by atoms with Gasteiger partial charge in [0.15, 0.2) is 0 Å². The molecule has 0 fully saturated rings. The van der Waals surface area contributed by atoms with Crippen LogP contribution >= 0.6 is 7.82 Å². The first-order chi connectivity index (χ1) is 17.9. The molecule has 0 radical (unpaired) electrons. The van der Waals surface area contributed by atoms with Gasteiger partial charge in [-0.05, 0) is 39.5 Å². The maximum atomic E-state index is 11.9. The van der Waals surface area contributed by atoms with Crippen molar-refractivity contribution in [1.29, 1.82) is 0 Å². The van der Waals surface area contributed by atoms with Gasteiger partial charge in [0, 0.05) is 12.2 Å². The fourth-order valence-electron chi connectivity index (χ4n) is 3.64. The van der Waals surface area contributed by atoms with Gasteiger partial charge in [-0.1, -0.05) is 89.2 Å². The Morgan fingerprint density at radius 3 is 1.11 bits per heavy atom. The van der Waals surface area contributed by atoms with Crippen LogP contribution in [-0.2, 0) is 32.7 Å². The topological polar surface area (TPSA) is 108 Å². The van der Waals surface area contributed by atoms with E-state index in [0.29, 0.717) is 13.2 Å². The van der Waals surface area contributed by atoms with Crippen LogP contribution in [0.3, 0.4) is 0 Å². The van der Waals surface area contributed by atoms with E-state index in [2.05, 4.69) is 0 Å². The molecule has 0 amide bonds. The van der Waals surface area contributed by atoms with Gasteiger partial charge in [0.25, 0.3) is 0 Å². The molecular weight excluding hydrogens is 495 g/mol. The van der Waals surface area contributed by atoms with E-state index in [1.54, 1.807) is 26.0 Å². The molecule has 0 rings (SSSR count). The van der Waals surface area contributed by atoms with Gasteiger partial charge in [0.1, 0.15) is 0 Å². The van der Waals surface area contributed by atoms with Crippen LogP contribution in [0.5, 0.6) is 0 Å². The number of hydrogen-bond donors (Lipinski definition) is 1. The third-order valence-corrected chi connectivity index (χ3v) is 6.70. The predicted octanol–water partition coefficient (Wildman–Crippen LogP) is 7.60. The van der Waals surface area contributed by atoms with Crippen molar-refractivity contribution in [3.05, 3.63) is 24.3 Å². The van der Waals surface area contributed by atoms with E-state index in [1.165, 1.54) is 12.2 Å². The minimum atomic E-state index is -3.95. The summed E-state index contributed by atoms with van der Waals surface area (Å²) in [6.07, 6.45) is 22.4. The maximum absolute atomic E-state index is 11.9. The van der Waals surface area contributed by atoms with Gasteiger partial charge < -0.3 is 14.4 Å². The number of phosphoric acid groups is 1. The molecule has 0 spiro atoms. The molecule has 216 valence electrons. The predicted molar refractivity (Wildman–Crippen MR) is 147 cm³/mol. The second-order valence-electron chi connectivity index (χ2n) is 9.13. The van der Waals surface area contributed by atoms with Gasteiger partial charge in [-0.15, -0.1) is 0 Å². The van der Waals surface area contributed by atoms with E-state index in [1.807, 2.05) is 0 Å². The second kappa shape index (κ2) is 26.1. The van der Waals surface area contributed by atoms with Crippen molar-refractivity contribution in [3.63, 3.8) is 0 Å². The lowest BCUT2D eigenvalue weighted by atomic mass is 10.1. The summed E-state index contributed by atoms with van der Waals surface area (Å²) in [4.78, 5) is 32.1. The van der Waals surface area contributed by atoms with Gasteiger partial charge in [0.05, 0.1) is 26.4 Å². The minimum Gasteiger partial charge on any atom is -0.463 e. The zero-order valence-electron chi connectivity index (χ0n) is 23.2. The molecule has 0 aliphatic carbocycles. The second-order valence-corrected chi connectivity index (χ2v) is 10.6. The van der Waals surface area contributed by atoms with Gasteiger partial charge in [-0.25, -0.2) is 14.2 Å². The highest BCUT2D eigenvalue weighted by Crippen LogP contribution is 2.43. The highest BCUT2D eigenvalue weighted by atomic mass is 31.2. The number of esters is 2. The Labute approximate surface area is 224 Å². The Balaban J connectivity index is 3.38. The molecule has 1 N–H and O–H groups in total. The van der Waals surface area contributed by atoms with Crippen LogP contribution < -0.4 is 0 Å². The monoisotopic (exact) mass is 546 g/mol. The molecule has 8 nitrogen and oxygen atoms in total. The summed E-state index contributed by atoms with van der Waals surface area (Å²) in [6, 6.07) is 0. The maximum Gasteiger partial charge on any atom is 0.472 e. The average Bonchev–Trinajstić information content (AvgIpc) is 2.85. The quantitative estimate of drug-likeness (QED) is 0.0511. The van der Waals surface area contributed by atoms with Gasteiger partial charge in [-0.2, -0.15) is 0 Å². The number of ether oxygens (including phenoxy) is 2. The Morgan fingerprint density at radius 2 is 0.811 bits per heavy atom. The molecule has 0 aromatic rings. The number of allylic oxidation sites excluding steroid dienone is 2. The van der Waals surface area contributed by atoms with E-state index in [0.717, 1.165) is 103 Å². The average molecular weight is 547 g/mol. The van der Waals surface area contributed by atoms with Crippen molar-refractivity contribution in [2.45, 2.75) is 117 Å². The summed E-state index contributed by atoms with van der Waals surface area (Å²) < 4.78 is 32.2. The van der Waals surface area contributed by atoms with E-state index in [9.17, 15) is 19.0 Å². The molecule has 37 heavy (non-hydrogen) atoms. The molecular formula is C28H51O8P. The van der Waals surface area contributed by atoms with Gasteiger partial charge in [0.2, 0.25) is 0 Å². The van der Waals surface area contributed by atoms with Crippen LogP contribution in [0, 0.1) is 0 Å². The summed E-state index contributed by atoms with van der Waals surface area (Å²) in [5.41, 5.74) is 0. The Kier molecular flexibility index (Phi) is 25.1. The lowest BCUT2D eigenvalue weighted by Crippen LogP contribution is -2.01. The fourth-order valence-corrected chi connectivity index (χ4v) is 4.43. The SMILES string of the molecule is C/C=C/C(=O)OCCCCCCCCCCOP(=O)(O)OCCCCCCCCCCOC(=O)/C=C/C. The number of unbranched alkanes of at least 4 members (excludes halogenated alkanes) is 14. The number of carbonyl (C=O) groups excluding carboxylic acids is 2. The van der Waals surface area contributed by atoms with Crippen molar-refractivity contribution in [1.82, 2.24) is 0 Å². The number of hydrogen-bond acceptors (Lipinski definition) is 7. The standard InChI is InChI=1S/C28H51O8P/c1-3-21-27(29)33-23-17-13-9-5-7-11-15-19-25-35-37(31,32)36-26-20-16-12-8-6-10-14-18-24-34-28(30)22-4-2/h3-4,21-22H,5-20,23-26H2,1-2H3,(H,31,32)/b21-3+,22-4+. The first kappa shape index (κ1) is 35.5. The van der Waals surface area contributed by atoms with Crippen LogP contribution in [0.15, 0.2) is 24.3 Å². The van der Waals surface area contributed by atoms with Crippen LogP contribution in [0.1, 0.15) is 117 Å². The first-order valence-corrected chi connectivity index (χ1v) is 15.6. The molecule has 0 saturated heterocycles. The highest BCUT2D eigenvalue weighted by molar-refractivity contribution is 7.47. The lowest BCUT2D eigenvalue weighted by Gasteiger charge is -2.12. The van der Waals surface area contributed by atoms with Crippen molar-refractivity contribution in [2.24, 2.45) is 0 Å². The molecule has 0 saturated carbocycles. The van der Waals surface area contributed by atoms with Crippen LogP contribution in [-0.4, -0.2) is 43.3 Å². The molecule has 0 aromatic heterocycles. The summed E-state index contributed by atoms with van der Waals surface area (Å²) in [6.45, 7) is 5.00. The molecule has 0 atom stereocenters. The number of rotatable bonds is 26. The zero-order chi connectivity index (χ0) is 27.5. The van der Waals surface area contributed by atoms with Crippen LogP contribution in [0.4, 0.5) is 0 Å². The highest BCUT2D eigenvalue weighted by Gasteiger charge is 2.19. The van der Waals surface area contributed by atoms with Crippen molar-refractivity contribution < 1.29 is 37.6 Å². The van der Waals surface area contributed by atoms with Crippen molar-refractivity contribution in [3.8, 4) is 0 Å². The summed E-state index contributed by atoms with van der Waals surface area (Å²) in [5.74, 6) is -0.556. The third-order valence-electron chi connectivity index (χ3n) is 5.68. The van der Waals surface area contributed by atoms with E-state index >= 15 is 0 Å². The van der Waals surface area contributed by atoms with Crippen LogP contribution in [0.25, 0.3) is 0 Å². The summed E-state index contributed by atoms with van der Waals surface area (Å²) >= 11 is 0. The van der Waals surface area contributed by atoms with Crippen molar-refractivity contribution >= 4 is 19.8 Å². The molecule has 0 aromatic carbocycles. The lowest BCUT2D eigenvalue weighted by molar-refractivity contribution is -0.138. The zero-order valence-corrected chi connectivity index (χ0v) is 24.1. The van der Waals surface area contributed by atoms with E-state index < -0.39 is 7.82 Å². The van der Waals surface area contributed by atoms with E-state index in [4.69, 9.17) is 18.5 Å². The smallest absolute Gasteiger partial charge is 0.463 e. The molecule has 0 bridgehead atoms. The summed E-state index contributed by atoms with van der Waals surface area (Å²) in [5, 5.41) is 0. The largest absolute Gasteiger partial charge is 0.472 e. The number of phosphoric ester groups is 1. The number of carbonyl (C=O) groups is 2. The Hall–Kier alpha value is -1.47. The Bertz CT molecular complexity index is 611. The molecule has 0 aliphatic rings.